The van der Waals surface area contributed by atoms with Crippen LogP contribution in [-0.2, 0) is 19.2 Å². The quantitative estimate of drug-likeness (QED) is 0.322. The van der Waals surface area contributed by atoms with E-state index in [0.29, 0.717) is 32.2 Å². The molecule has 1 saturated heterocycles. The molecule has 1 saturated carbocycles. The molecule has 0 bridgehead atoms. The molecule has 8 nitrogen and oxygen atoms in total. The third-order valence-electron chi connectivity index (χ3n) is 5.95. The molecule has 0 radical (unpaired) electrons. The zero-order valence-corrected chi connectivity index (χ0v) is 16.7. The lowest BCUT2D eigenvalue weighted by molar-refractivity contribution is -0.145. The number of carbonyl (C=O) groups excluding carboxylic acids is 3. The first-order chi connectivity index (χ1) is 13.5. The molecule has 0 spiro atoms. The molecule has 0 aromatic rings. The molecule has 28 heavy (non-hydrogen) atoms. The van der Waals surface area contributed by atoms with E-state index in [9.17, 15) is 24.3 Å². The second-order valence-electron chi connectivity index (χ2n) is 7.97. The largest absolute Gasteiger partial charge is 0.479 e. The van der Waals surface area contributed by atoms with Crippen LogP contribution < -0.4 is 10.6 Å². The topological polar surface area (TPSA) is 116 Å². The summed E-state index contributed by atoms with van der Waals surface area (Å²) < 4.78 is 0. The Hall–Kier alpha value is -2.12. The minimum atomic E-state index is -1.18. The fraction of sp³-hybridized carbons (Fsp3) is 0.800. The number of hydrogen-bond acceptors (Lipinski definition) is 4. The van der Waals surface area contributed by atoms with Crippen LogP contribution in [0.25, 0.3) is 0 Å². The van der Waals surface area contributed by atoms with Gasteiger partial charge in [-0.3, -0.25) is 14.4 Å². The van der Waals surface area contributed by atoms with Gasteiger partial charge in [-0.05, 0) is 31.6 Å². The van der Waals surface area contributed by atoms with Crippen LogP contribution in [0.15, 0.2) is 0 Å². The Morgan fingerprint density at radius 3 is 2.57 bits per heavy atom. The summed E-state index contributed by atoms with van der Waals surface area (Å²) in [4.78, 5) is 48.5. The molecule has 3 atom stereocenters. The average Bonchev–Trinajstić information content (AvgIpc) is 3.14. The third-order valence-corrected chi connectivity index (χ3v) is 5.95. The maximum Gasteiger partial charge on any atom is 0.329 e. The molecule has 1 heterocycles. The number of carboxylic acid groups (broad SMARTS) is 1. The zero-order chi connectivity index (χ0) is 20.6. The van der Waals surface area contributed by atoms with E-state index in [1.807, 2.05) is 0 Å². The smallest absolute Gasteiger partial charge is 0.329 e. The summed E-state index contributed by atoms with van der Waals surface area (Å²) in [5.41, 5.74) is -1.18. The van der Waals surface area contributed by atoms with Gasteiger partial charge < -0.3 is 20.6 Å². The highest BCUT2D eigenvalue weighted by atomic mass is 16.4. The number of nitrogens with one attached hydrogen (secondary N) is 2. The molecule has 1 aliphatic carbocycles. The third kappa shape index (κ3) is 5.45. The number of unbranched alkanes of at least 4 members (excludes halogenated alkanes) is 5. The molecule has 8 heteroatoms. The van der Waals surface area contributed by atoms with Crippen LogP contribution in [0.5, 0.6) is 0 Å². The first kappa shape index (κ1) is 22.2. The molecule has 2 aliphatic rings. The second-order valence-corrected chi connectivity index (χ2v) is 7.97. The van der Waals surface area contributed by atoms with Crippen molar-refractivity contribution in [2.45, 2.75) is 82.7 Å². The number of rotatable bonds is 13. The van der Waals surface area contributed by atoms with Gasteiger partial charge in [0.2, 0.25) is 18.2 Å². The molecule has 2 rings (SSSR count). The highest BCUT2D eigenvalue weighted by Gasteiger charge is 2.61. The number of amides is 3. The molecule has 0 aromatic heterocycles. The Kier molecular flexibility index (Phi) is 8.26. The Morgan fingerprint density at radius 1 is 1.18 bits per heavy atom. The van der Waals surface area contributed by atoms with Gasteiger partial charge in [0.15, 0.2) is 0 Å². The Morgan fingerprint density at radius 2 is 1.89 bits per heavy atom. The van der Waals surface area contributed by atoms with Gasteiger partial charge >= 0.3 is 5.97 Å². The van der Waals surface area contributed by atoms with E-state index in [1.54, 1.807) is 0 Å². The summed E-state index contributed by atoms with van der Waals surface area (Å²) in [7, 11) is 0. The fourth-order valence-corrected chi connectivity index (χ4v) is 4.19. The van der Waals surface area contributed by atoms with Gasteiger partial charge in [-0.15, -0.1) is 0 Å². The van der Waals surface area contributed by atoms with Gasteiger partial charge in [-0.2, -0.15) is 0 Å². The lowest BCUT2D eigenvalue weighted by Crippen LogP contribution is -2.54. The number of aliphatic carboxylic acids is 1. The van der Waals surface area contributed by atoms with Crippen LogP contribution in [0.4, 0.5) is 0 Å². The summed E-state index contributed by atoms with van der Waals surface area (Å²) in [5.74, 6) is -1.75. The van der Waals surface area contributed by atoms with Crippen molar-refractivity contribution in [3.63, 3.8) is 0 Å². The predicted octanol–water partition coefficient (Wildman–Crippen LogP) is 1.43. The number of hydrogen-bond donors (Lipinski definition) is 3. The summed E-state index contributed by atoms with van der Waals surface area (Å²) in [5, 5.41) is 14.7. The molecule has 1 unspecified atom stereocenters. The van der Waals surface area contributed by atoms with Crippen molar-refractivity contribution in [3.8, 4) is 0 Å². The van der Waals surface area contributed by atoms with Crippen LogP contribution >= 0.6 is 0 Å². The number of likely N-dealkylation sites (tertiary alicyclic amines) is 1. The number of nitrogens with zero attached hydrogens (tertiary/aromatic N) is 1. The molecule has 3 N–H and O–H groups in total. The molecule has 1 aliphatic heterocycles. The molecule has 3 amide bonds. The van der Waals surface area contributed by atoms with Crippen molar-refractivity contribution in [1.82, 2.24) is 15.5 Å². The lowest BCUT2D eigenvalue weighted by Gasteiger charge is -2.26. The van der Waals surface area contributed by atoms with E-state index in [1.165, 1.54) is 30.6 Å². The maximum absolute atomic E-state index is 12.7. The minimum absolute atomic E-state index is 0.0394. The number of carboxylic acids is 1. The minimum Gasteiger partial charge on any atom is -0.479 e. The van der Waals surface area contributed by atoms with Gasteiger partial charge in [0.25, 0.3) is 0 Å². The van der Waals surface area contributed by atoms with E-state index in [-0.39, 0.29) is 18.4 Å². The number of carbonyl (C=O) groups is 4. The normalized spacial score (nSPS) is 26.0. The molecular formula is C20H33N3O5. The van der Waals surface area contributed by atoms with Gasteiger partial charge in [0.1, 0.15) is 11.6 Å². The first-order valence-electron chi connectivity index (χ1n) is 10.5. The molecule has 2 fully saturated rings. The highest BCUT2D eigenvalue weighted by molar-refractivity contribution is 5.94. The van der Waals surface area contributed by atoms with E-state index in [2.05, 4.69) is 17.6 Å². The van der Waals surface area contributed by atoms with Gasteiger partial charge in [0.05, 0.1) is 6.54 Å². The van der Waals surface area contributed by atoms with Crippen LogP contribution in [-0.4, -0.2) is 58.9 Å². The average molecular weight is 396 g/mol. The van der Waals surface area contributed by atoms with Gasteiger partial charge in [-0.25, -0.2) is 4.79 Å². The molecular weight excluding hydrogens is 362 g/mol. The first-order valence-corrected chi connectivity index (χ1v) is 10.5. The zero-order valence-electron chi connectivity index (χ0n) is 16.7. The van der Waals surface area contributed by atoms with Crippen molar-refractivity contribution in [3.05, 3.63) is 0 Å². The molecule has 158 valence electrons. The van der Waals surface area contributed by atoms with E-state index >= 15 is 0 Å². The highest BCUT2D eigenvalue weighted by Crippen LogP contribution is 2.47. The summed E-state index contributed by atoms with van der Waals surface area (Å²) in [6, 6.07) is -0.660. The van der Waals surface area contributed by atoms with Crippen LogP contribution in [0, 0.1) is 5.92 Å². The van der Waals surface area contributed by atoms with Gasteiger partial charge in [-0.1, -0.05) is 45.4 Å². The van der Waals surface area contributed by atoms with E-state index < -0.39 is 23.5 Å². The lowest BCUT2D eigenvalue weighted by atomic mass is 10.0. The predicted molar refractivity (Wildman–Crippen MR) is 103 cm³/mol. The van der Waals surface area contributed by atoms with Gasteiger partial charge in [0, 0.05) is 6.54 Å². The van der Waals surface area contributed by atoms with E-state index in [0.717, 1.165) is 19.3 Å². The van der Waals surface area contributed by atoms with Crippen LogP contribution in [0.1, 0.15) is 71.1 Å². The van der Waals surface area contributed by atoms with Crippen LogP contribution in [0.3, 0.4) is 0 Å². The standard InChI is InChI=1S/C20H33N3O5/c1-2-3-4-5-6-7-9-15-12-20(15,19(27)28)22-18(26)16-10-8-11-23(16)17(25)13-21-14-24/h14-16H,2-13H2,1H3,(H,21,24)(H,22,26)(H,27,28)/t15?,16-,20+/m0/s1. The van der Waals surface area contributed by atoms with Crippen molar-refractivity contribution >= 4 is 24.2 Å². The summed E-state index contributed by atoms with van der Waals surface area (Å²) in [6.07, 6.45) is 9.78. The fourth-order valence-electron chi connectivity index (χ4n) is 4.19. The van der Waals surface area contributed by atoms with Crippen molar-refractivity contribution in [2.24, 2.45) is 5.92 Å². The Balaban J connectivity index is 1.85. The Labute approximate surface area is 166 Å². The summed E-state index contributed by atoms with van der Waals surface area (Å²) in [6.45, 7) is 2.46. The maximum atomic E-state index is 12.7. The monoisotopic (exact) mass is 395 g/mol. The Bertz CT molecular complexity index is 582. The van der Waals surface area contributed by atoms with Crippen molar-refractivity contribution in [2.75, 3.05) is 13.1 Å². The van der Waals surface area contributed by atoms with E-state index in [4.69, 9.17) is 0 Å². The molecule has 0 aromatic carbocycles. The van der Waals surface area contributed by atoms with Crippen molar-refractivity contribution in [1.29, 1.82) is 0 Å². The summed E-state index contributed by atoms with van der Waals surface area (Å²) >= 11 is 0. The SMILES string of the molecule is CCCCCCCCC1C[C@]1(NC(=O)[C@@H]1CCCN1C(=O)CNC=O)C(=O)O. The van der Waals surface area contributed by atoms with Crippen LogP contribution in [0.2, 0.25) is 0 Å². The second kappa shape index (κ2) is 10.4. The van der Waals surface area contributed by atoms with Crippen molar-refractivity contribution < 1.29 is 24.3 Å².